The van der Waals surface area contributed by atoms with Crippen molar-refractivity contribution in [2.24, 2.45) is 0 Å². The summed E-state index contributed by atoms with van der Waals surface area (Å²) in [5, 5.41) is 3.22. The minimum Gasteiger partial charge on any atom is -0.496 e. The summed E-state index contributed by atoms with van der Waals surface area (Å²) in [7, 11) is 4.52. The Balaban J connectivity index is 0.00000338. The summed E-state index contributed by atoms with van der Waals surface area (Å²) in [5.74, 6) is 1.46. The maximum Gasteiger partial charge on any atom is 0.389 e. The van der Waals surface area contributed by atoms with Crippen molar-refractivity contribution in [2.45, 2.75) is 25.1 Å². The molecule has 0 aliphatic carbocycles. The fourth-order valence-corrected chi connectivity index (χ4v) is 3.14. The van der Waals surface area contributed by atoms with Gasteiger partial charge >= 0.3 is 6.18 Å². The molecule has 1 fully saturated rings. The molecule has 0 saturated carbocycles. The molecule has 0 radical (unpaired) electrons. The number of nitrogens with zero attached hydrogens (tertiary/aromatic N) is 1. The fraction of sp³-hybridized carbons (Fsp3) is 0.647. The van der Waals surface area contributed by atoms with Crippen molar-refractivity contribution in [3.63, 3.8) is 0 Å². The number of methoxy groups -OCH3 is 3. The quantitative estimate of drug-likeness (QED) is 0.705. The maximum atomic E-state index is 12.8. The topological polar surface area (TPSA) is 43.0 Å². The van der Waals surface area contributed by atoms with E-state index in [0.29, 0.717) is 35.9 Å². The van der Waals surface area contributed by atoms with Gasteiger partial charge in [-0.05, 0) is 12.5 Å². The van der Waals surface area contributed by atoms with Crippen LogP contribution in [0.25, 0.3) is 0 Å². The van der Waals surface area contributed by atoms with Crippen LogP contribution in [0.5, 0.6) is 17.2 Å². The number of halogens is 5. The van der Waals surface area contributed by atoms with E-state index in [2.05, 4.69) is 10.2 Å². The molecule has 158 valence electrons. The lowest BCUT2D eigenvalue weighted by molar-refractivity contribution is -0.138. The van der Waals surface area contributed by atoms with E-state index < -0.39 is 18.6 Å². The molecule has 1 heterocycles. The molecule has 0 spiro atoms. The maximum absolute atomic E-state index is 12.8. The predicted molar refractivity (Wildman–Crippen MR) is 103 cm³/mol. The number of ether oxygens (including phenoxy) is 3. The van der Waals surface area contributed by atoms with E-state index in [9.17, 15) is 13.2 Å². The van der Waals surface area contributed by atoms with Gasteiger partial charge in [0, 0.05) is 50.3 Å². The smallest absolute Gasteiger partial charge is 0.389 e. The molecule has 1 atom stereocenters. The number of piperazine rings is 1. The van der Waals surface area contributed by atoms with Crippen LogP contribution >= 0.6 is 24.8 Å². The first-order valence-electron chi connectivity index (χ1n) is 8.21. The van der Waals surface area contributed by atoms with Gasteiger partial charge in [-0.2, -0.15) is 13.2 Å². The molecule has 1 aliphatic rings. The highest BCUT2D eigenvalue weighted by Crippen LogP contribution is 2.42. The lowest BCUT2D eigenvalue weighted by Crippen LogP contribution is -2.45. The SMILES string of the molecule is COc1cc(OC)c([C@@H](CCC(F)(F)F)N2CCNCC2)cc1OC.Cl.Cl. The van der Waals surface area contributed by atoms with Crippen LogP contribution in [0.4, 0.5) is 13.2 Å². The molecular weight excluding hydrogens is 408 g/mol. The predicted octanol–water partition coefficient (Wildman–Crippen LogP) is 3.84. The highest BCUT2D eigenvalue weighted by Gasteiger charge is 2.33. The van der Waals surface area contributed by atoms with Gasteiger partial charge in [0.15, 0.2) is 11.5 Å². The molecule has 27 heavy (non-hydrogen) atoms. The molecule has 0 aromatic heterocycles. The number of rotatable bonds is 7. The third-order valence-corrected chi connectivity index (χ3v) is 4.39. The average molecular weight is 435 g/mol. The number of nitrogens with one attached hydrogen (secondary N) is 1. The Hall–Kier alpha value is -1.09. The minimum atomic E-state index is -4.20. The molecule has 1 saturated heterocycles. The van der Waals surface area contributed by atoms with E-state index in [1.54, 1.807) is 12.1 Å². The first-order chi connectivity index (χ1) is 11.9. The average Bonchev–Trinajstić information content (AvgIpc) is 2.61. The summed E-state index contributed by atoms with van der Waals surface area (Å²) in [5.41, 5.74) is 0.686. The number of hydrogen-bond acceptors (Lipinski definition) is 5. The normalized spacial score (nSPS) is 15.9. The van der Waals surface area contributed by atoms with Gasteiger partial charge < -0.3 is 19.5 Å². The van der Waals surface area contributed by atoms with E-state index in [1.807, 2.05) is 0 Å². The highest BCUT2D eigenvalue weighted by atomic mass is 35.5. The molecule has 0 amide bonds. The summed E-state index contributed by atoms with van der Waals surface area (Å²) >= 11 is 0. The Labute approximate surface area is 170 Å². The minimum absolute atomic E-state index is 0. The number of alkyl halides is 3. The van der Waals surface area contributed by atoms with Gasteiger partial charge in [-0.25, -0.2) is 0 Å². The molecule has 1 aromatic rings. The zero-order chi connectivity index (χ0) is 18.4. The molecule has 1 aromatic carbocycles. The van der Waals surface area contributed by atoms with E-state index >= 15 is 0 Å². The Kier molecular flexibility index (Phi) is 11.2. The van der Waals surface area contributed by atoms with Crippen LogP contribution in [0.1, 0.15) is 24.4 Å². The first kappa shape index (κ1) is 25.9. The van der Waals surface area contributed by atoms with E-state index in [-0.39, 0.29) is 31.2 Å². The Morgan fingerprint density at radius 2 is 1.48 bits per heavy atom. The van der Waals surface area contributed by atoms with Crippen molar-refractivity contribution in [1.82, 2.24) is 10.2 Å². The van der Waals surface area contributed by atoms with Crippen LogP contribution in [-0.4, -0.2) is 58.6 Å². The van der Waals surface area contributed by atoms with Gasteiger partial charge in [-0.15, -0.1) is 24.8 Å². The molecule has 0 unspecified atom stereocenters. The molecule has 5 nitrogen and oxygen atoms in total. The van der Waals surface area contributed by atoms with Crippen LogP contribution in [-0.2, 0) is 0 Å². The second kappa shape index (κ2) is 11.7. The Morgan fingerprint density at radius 3 is 1.96 bits per heavy atom. The van der Waals surface area contributed by atoms with Crippen molar-refractivity contribution >= 4 is 24.8 Å². The molecule has 1 aliphatic heterocycles. The number of benzene rings is 1. The molecule has 1 N–H and O–H groups in total. The zero-order valence-corrected chi connectivity index (χ0v) is 17.2. The lowest BCUT2D eigenvalue weighted by Gasteiger charge is -2.36. The van der Waals surface area contributed by atoms with Crippen LogP contribution in [0.15, 0.2) is 12.1 Å². The third kappa shape index (κ3) is 7.10. The van der Waals surface area contributed by atoms with Gasteiger partial charge in [-0.1, -0.05) is 0 Å². The summed E-state index contributed by atoms with van der Waals surface area (Å²) in [4.78, 5) is 2.06. The Bertz CT molecular complexity index is 571. The van der Waals surface area contributed by atoms with Crippen molar-refractivity contribution in [3.05, 3.63) is 17.7 Å². The van der Waals surface area contributed by atoms with Gasteiger partial charge in [0.05, 0.1) is 21.3 Å². The summed E-state index contributed by atoms with van der Waals surface area (Å²) < 4.78 is 54.5. The van der Waals surface area contributed by atoms with Gasteiger partial charge in [0.25, 0.3) is 0 Å². The second-order valence-corrected chi connectivity index (χ2v) is 5.90. The largest absolute Gasteiger partial charge is 0.496 e. The van der Waals surface area contributed by atoms with Gasteiger partial charge in [-0.3, -0.25) is 4.90 Å². The summed E-state index contributed by atoms with van der Waals surface area (Å²) in [6.07, 6.45) is -5.08. The van der Waals surface area contributed by atoms with Crippen LogP contribution in [0, 0.1) is 0 Å². The third-order valence-electron chi connectivity index (χ3n) is 4.39. The zero-order valence-electron chi connectivity index (χ0n) is 15.6. The van der Waals surface area contributed by atoms with Crippen LogP contribution in [0.2, 0.25) is 0 Å². The number of hydrogen-bond donors (Lipinski definition) is 1. The van der Waals surface area contributed by atoms with Crippen molar-refractivity contribution in [3.8, 4) is 17.2 Å². The lowest BCUT2D eigenvalue weighted by atomic mass is 9.97. The van der Waals surface area contributed by atoms with Crippen molar-refractivity contribution < 1.29 is 27.4 Å². The second-order valence-electron chi connectivity index (χ2n) is 5.90. The van der Waals surface area contributed by atoms with Gasteiger partial charge in [0.1, 0.15) is 5.75 Å². The van der Waals surface area contributed by atoms with Crippen molar-refractivity contribution in [1.29, 1.82) is 0 Å². The first-order valence-corrected chi connectivity index (χ1v) is 8.21. The highest BCUT2D eigenvalue weighted by molar-refractivity contribution is 5.85. The van der Waals surface area contributed by atoms with E-state index in [4.69, 9.17) is 14.2 Å². The fourth-order valence-electron chi connectivity index (χ4n) is 3.14. The molecular formula is C17H27Cl2F3N2O3. The van der Waals surface area contributed by atoms with Crippen LogP contribution < -0.4 is 19.5 Å². The van der Waals surface area contributed by atoms with Crippen molar-refractivity contribution in [2.75, 3.05) is 47.5 Å². The summed E-state index contributed by atoms with van der Waals surface area (Å²) in [6, 6.07) is 2.98. The van der Waals surface area contributed by atoms with E-state index in [0.717, 1.165) is 13.1 Å². The van der Waals surface area contributed by atoms with Gasteiger partial charge in [0.2, 0.25) is 0 Å². The molecule has 2 rings (SSSR count). The van der Waals surface area contributed by atoms with E-state index in [1.165, 1.54) is 21.3 Å². The summed E-state index contributed by atoms with van der Waals surface area (Å²) in [6.45, 7) is 2.86. The monoisotopic (exact) mass is 434 g/mol. The molecule has 10 heteroatoms. The van der Waals surface area contributed by atoms with Crippen LogP contribution in [0.3, 0.4) is 0 Å². The standard InChI is InChI=1S/C17H25F3N2O3.2ClH/c1-23-14-11-16(25-3)15(24-2)10-12(14)13(4-5-17(18,19)20)22-8-6-21-7-9-22;;/h10-11,13,21H,4-9H2,1-3H3;2*1H/t13-;;/m1../s1. The molecule has 0 bridgehead atoms. The Morgan fingerprint density at radius 1 is 0.963 bits per heavy atom.